The Morgan fingerprint density at radius 2 is 1.96 bits per heavy atom. The lowest BCUT2D eigenvalue weighted by molar-refractivity contribution is -0.183. The largest absolute Gasteiger partial charge is 0.352 e. The highest BCUT2D eigenvalue weighted by Crippen LogP contribution is 2.46. The smallest absolute Gasteiger partial charge is 0.252 e. The number of fused-ring (bicyclic) bond motifs is 1. The Kier molecular flexibility index (Phi) is 3.98. The lowest BCUT2D eigenvalue weighted by Gasteiger charge is -2.37. The third-order valence-electron chi connectivity index (χ3n) is 5.85. The molecule has 126 valence electrons. The van der Waals surface area contributed by atoms with Gasteiger partial charge in [-0.15, -0.1) is 11.3 Å². The van der Waals surface area contributed by atoms with Crippen LogP contribution in [-0.2, 0) is 15.9 Å². The van der Waals surface area contributed by atoms with Gasteiger partial charge in [-0.2, -0.15) is 0 Å². The lowest BCUT2D eigenvalue weighted by Crippen LogP contribution is -2.36. The van der Waals surface area contributed by atoms with Gasteiger partial charge in [0.2, 0.25) is 0 Å². The third-order valence-corrected chi connectivity index (χ3v) is 7.40. The van der Waals surface area contributed by atoms with Gasteiger partial charge in [-0.25, -0.2) is 0 Å². The molecule has 0 aromatic carbocycles. The molecule has 3 heterocycles. The molecule has 1 saturated heterocycles. The Balaban J connectivity index is 1.52. The van der Waals surface area contributed by atoms with Gasteiger partial charge in [-0.1, -0.05) is 6.92 Å². The van der Waals surface area contributed by atoms with E-state index in [2.05, 4.69) is 19.2 Å². The van der Waals surface area contributed by atoms with E-state index < -0.39 is 0 Å². The van der Waals surface area contributed by atoms with E-state index in [1.807, 2.05) is 11.3 Å². The van der Waals surface area contributed by atoms with Gasteiger partial charge in [0.25, 0.3) is 5.91 Å². The number of hydrogen-bond donors (Lipinski definition) is 1. The van der Waals surface area contributed by atoms with Crippen LogP contribution in [0.4, 0.5) is 0 Å². The van der Waals surface area contributed by atoms with Gasteiger partial charge in [0.05, 0.1) is 18.8 Å². The summed E-state index contributed by atoms with van der Waals surface area (Å²) in [4.78, 5) is 14.8. The standard InChI is InChI=1S/C18H25NO3S/c1-11(13-3-6-18(7-4-13)21-9-10-22-18)16-12(2)15-14(23-16)5-8-19-17(15)20/h11,13H,3-10H2,1-2H3,(H,19,20). The first-order chi connectivity index (χ1) is 11.1. The number of carbonyl (C=O) groups excluding carboxylic acids is 1. The average molecular weight is 335 g/mol. The molecule has 1 aromatic rings. The van der Waals surface area contributed by atoms with E-state index in [0.29, 0.717) is 11.8 Å². The van der Waals surface area contributed by atoms with Crippen molar-refractivity contribution in [1.82, 2.24) is 5.32 Å². The molecule has 0 radical (unpaired) electrons. The van der Waals surface area contributed by atoms with Crippen LogP contribution in [0.2, 0.25) is 0 Å². The Labute approximate surface area is 141 Å². The van der Waals surface area contributed by atoms with Gasteiger partial charge in [0, 0.05) is 29.1 Å². The minimum atomic E-state index is -0.278. The van der Waals surface area contributed by atoms with Crippen molar-refractivity contribution in [3.63, 3.8) is 0 Å². The summed E-state index contributed by atoms with van der Waals surface area (Å²) in [6.07, 6.45) is 5.29. The molecule has 1 spiro atoms. The minimum absolute atomic E-state index is 0.119. The number of nitrogens with one attached hydrogen (secondary N) is 1. The lowest BCUT2D eigenvalue weighted by atomic mass is 9.77. The predicted octanol–water partition coefficient (Wildman–Crippen LogP) is 3.38. The predicted molar refractivity (Wildman–Crippen MR) is 90.1 cm³/mol. The Hall–Kier alpha value is -0.910. The first-order valence-electron chi connectivity index (χ1n) is 8.78. The number of carbonyl (C=O) groups is 1. The molecule has 1 atom stereocenters. The topological polar surface area (TPSA) is 47.6 Å². The number of amides is 1. The molecule has 2 fully saturated rings. The van der Waals surface area contributed by atoms with E-state index in [4.69, 9.17) is 9.47 Å². The molecule has 1 amide bonds. The molecule has 1 N–H and O–H groups in total. The van der Waals surface area contributed by atoms with E-state index in [1.54, 1.807) is 0 Å². The monoisotopic (exact) mass is 335 g/mol. The summed E-state index contributed by atoms with van der Waals surface area (Å²) in [5.41, 5.74) is 2.17. The van der Waals surface area contributed by atoms with Crippen LogP contribution in [0.5, 0.6) is 0 Å². The summed E-state index contributed by atoms with van der Waals surface area (Å²) >= 11 is 1.87. The van der Waals surface area contributed by atoms with Gasteiger partial charge in [0.15, 0.2) is 5.79 Å². The van der Waals surface area contributed by atoms with Crippen molar-refractivity contribution in [3.05, 3.63) is 20.9 Å². The molecule has 1 unspecified atom stereocenters. The molecule has 2 aliphatic heterocycles. The summed E-state index contributed by atoms with van der Waals surface area (Å²) in [5.74, 6) is 1.01. The molecule has 3 aliphatic rings. The van der Waals surface area contributed by atoms with Gasteiger partial charge in [-0.3, -0.25) is 4.79 Å². The SMILES string of the molecule is Cc1c(C(C)C2CCC3(CC2)OCCO3)sc2c1C(=O)NCC2. The quantitative estimate of drug-likeness (QED) is 0.901. The number of thiophene rings is 1. The van der Waals surface area contributed by atoms with Crippen molar-refractivity contribution in [2.24, 2.45) is 5.92 Å². The molecule has 5 heteroatoms. The highest BCUT2D eigenvalue weighted by atomic mass is 32.1. The first kappa shape index (κ1) is 15.6. The molecule has 23 heavy (non-hydrogen) atoms. The van der Waals surface area contributed by atoms with E-state index in [1.165, 1.54) is 15.3 Å². The minimum Gasteiger partial charge on any atom is -0.352 e. The van der Waals surface area contributed by atoms with Crippen LogP contribution in [0.15, 0.2) is 0 Å². The maximum atomic E-state index is 12.2. The fourth-order valence-electron chi connectivity index (χ4n) is 4.46. The van der Waals surface area contributed by atoms with Crippen molar-refractivity contribution >= 4 is 17.2 Å². The Morgan fingerprint density at radius 1 is 1.26 bits per heavy atom. The van der Waals surface area contributed by atoms with Crippen LogP contribution in [0.3, 0.4) is 0 Å². The number of rotatable bonds is 2. The van der Waals surface area contributed by atoms with Gasteiger partial charge in [-0.05, 0) is 43.6 Å². The van der Waals surface area contributed by atoms with Crippen LogP contribution in [0.1, 0.15) is 64.2 Å². The van der Waals surface area contributed by atoms with Gasteiger partial charge < -0.3 is 14.8 Å². The average Bonchev–Trinajstić information content (AvgIpc) is 3.14. The van der Waals surface area contributed by atoms with E-state index in [0.717, 1.165) is 57.4 Å². The van der Waals surface area contributed by atoms with Crippen LogP contribution >= 0.6 is 11.3 Å². The van der Waals surface area contributed by atoms with Crippen LogP contribution in [0, 0.1) is 12.8 Å². The molecule has 1 aliphatic carbocycles. The van der Waals surface area contributed by atoms with Crippen LogP contribution < -0.4 is 5.32 Å². The Morgan fingerprint density at radius 3 is 2.61 bits per heavy atom. The number of hydrogen-bond acceptors (Lipinski definition) is 4. The molecule has 1 aromatic heterocycles. The summed E-state index contributed by atoms with van der Waals surface area (Å²) in [6.45, 7) is 6.72. The van der Waals surface area contributed by atoms with Crippen molar-refractivity contribution < 1.29 is 14.3 Å². The fourth-order valence-corrected chi connectivity index (χ4v) is 5.91. The number of ether oxygens (including phenoxy) is 2. The molecule has 0 bridgehead atoms. The maximum Gasteiger partial charge on any atom is 0.252 e. The molecule has 1 saturated carbocycles. The highest BCUT2D eigenvalue weighted by Gasteiger charge is 2.42. The van der Waals surface area contributed by atoms with E-state index >= 15 is 0 Å². The summed E-state index contributed by atoms with van der Waals surface area (Å²) in [6, 6.07) is 0. The fraction of sp³-hybridized carbons (Fsp3) is 0.722. The molecule has 4 rings (SSSR count). The van der Waals surface area contributed by atoms with Crippen molar-refractivity contribution in [2.45, 2.75) is 57.7 Å². The Bertz CT molecular complexity index is 608. The zero-order valence-electron chi connectivity index (χ0n) is 13.9. The molecular formula is C18H25NO3S. The zero-order valence-corrected chi connectivity index (χ0v) is 14.8. The summed E-state index contributed by atoms with van der Waals surface area (Å²) < 4.78 is 11.7. The van der Waals surface area contributed by atoms with Crippen LogP contribution in [-0.4, -0.2) is 31.5 Å². The molecular weight excluding hydrogens is 310 g/mol. The second-order valence-corrected chi connectivity index (χ2v) is 8.27. The molecule has 4 nitrogen and oxygen atoms in total. The van der Waals surface area contributed by atoms with Crippen molar-refractivity contribution in [2.75, 3.05) is 19.8 Å². The van der Waals surface area contributed by atoms with Gasteiger partial charge in [0.1, 0.15) is 0 Å². The van der Waals surface area contributed by atoms with Gasteiger partial charge >= 0.3 is 0 Å². The summed E-state index contributed by atoms with van der Waals surface area (Å²) in [5, 5.41) is 2.98. The normalized spacial score (nSPS) is 25.4. The highest BCUT2D eigenvalue weighted by molar-refractivity contribution is 7.12. The maximum absolute atomic E-state index is 12.2. The second-order valence-electron chi connectivity index (χ2n) is 7.13. The van der Waals surface area contributed by atoms with E-state index in [-0.39, 0.29) is 11.7 Å². The van der Waals surface area contributed by atoms with Crippen molar-refractivity contribution in [1.29, 1.82) is 0 Å². The van der Waals surface area contributed by atoms with Crippen LogP contribution in [0.25, 0.3) is 0 Å². The zero-order chi connectivity index (χ0) is 16.0. The second kappa shape index (κ2) is 5.87. The third kappa shape index (κ3) is 2.63. The van der Waals surface area contributed by atoms with E-state index in [9.17, 15) is 4.79 Å². The first-order valence-corrected chi connectivity index (χ1v) is 9.59. The van der Waals surface area contributed by atoms with Crippen molar-refractivity contribution in [3.8, 4) is 0 Å². The summed E-state index contributed by atoms with van der Waals surface area (Å²) in [7, 11) is 0.